The molecule has 7 heteroatoms. The molecule has 1 aromatic rings. The van der Waals surface area contributed by atoms with Crippen molar-refractivity contribution in [2.24, 2.45) is 11.8 Å². The number of rotatable bonds is 7. The van der Waals surface area contributed by atoms with Gasteiger partial charge in [0.15, 0.2) is 0 Å². The van der Waals surface area contributed by atoms with Crippen molar-refractivity contribution in [2.75, 3.05) is 39.3 Å². The molecule has 1 amide bonds. The molecule has 0 aromatic heterocycles. The highest BCUT2D eigenvalue weighted by atomic mass is 32.2. The van der Waals surface area contributed by atoms with E-state index in [1.54, 1.807) is 30.3 Å². The van der Waals surface area contributed by atoms with E-state index in [0.717, 1.165) is 18.9 Å². The zero-order valence-electron chi connectivity index (χ0n) is 16.8. The number of nitrogens with zero attached hydrogens (tertiary/aromatic N) is 2. The summed E-state index contributed by atoms with van der Waals surface area (Å²) in [5.74, 6) is 0.765. The Kier molecular flexibility index (Phi) is 7.48. The van der Waals surface area contributed by atoms with Gasteiger partial charge in [-0.2, -0.15) is 4.31 Å². The lowest BCUT2D eigenvalue weighted by Gasteiger charge is -2.31. The molecule has 1 aromatic carbocycles. The summed E-state index contributed by atoms with van der Waals surface area (Å²) >= 11 is 0. The maximum Gasteiger partial charge on any atom is 0.243 e. The lowest BCUT2D eigenvalue weighted by Crippen LogP contribution is -2.43. The van der Waals surface area contributed by atoms with E-state index in [9.17, 15) is 13.2 Å². The van der Waals surface area contributed by atoms with Crippen molar-refractivity contribution < 1.29 is 13.2 Å². The lowest BCUT2D eigenvalue weighted by atomic mass is 9.97. The molecule has 0 radical (unpaired) electrons. The number of carbonyl (C=O) groups is 1. The molecule has 0 bridgehead atoms. The Hall–Kier alpha value is -1.44. The van der Waals surface area contributed by atoms with Gasteiger partial charge in [0.2, 0.25) is 15.9 Å². The van der Waals surface area contributed by atoms with Crippen molar-refractivity contribution in [1.82, 2.24) is 14.5 Å². The van der Waals surface area contributed by atoms with Crippen molar-refractivity contribution in [2.45, 2.75) is 43.9 Å². The fourth-order valence-electron chi connectivity index (χ4n) is 4.25. The topological polar surface area (TPSA) is 69.7 Å². The molecule has 0 saturated carbocycles. The second-order valence-corrected chi connectivity index (χ2v) is 10.1. The first-order valence-corrected chi connectivity index (χ1v) is 12.0. The molecule has 6 nitrogen and oxygen atoms in total. The Morgan fingerprint density at radius 3 is 2.50 bits per heavy atom. The van der Waals surface area contributed by atoms with Crippen molar-refractivity contribution in [3.63, 3.8) is 0 Å². The number of piperidine rings is 2. The molecule has 2 saturated heterocycles. The van der Waals surface area contributed by atoms with Crippen molar-refractivity contribution in [3.05, 3.63) is 30.3 Å². The van der Waals surface area contributed by atoms with Gasteiger partial charge >= 0.3 is 0 Å². The average molecular weight is 408 g/mol. The Morgan fingerprint density at radius 2 is 1.82 bits per heavy atom. The van der Waals surface area contributed by atoms with Gasteiger partial charge in [0.25, 0.3) is 0 Å². The van der Waals surface area contributed by atoms with E-state index >= 15 is 0 Å². The van der Waals surface area contributed by atoms with E-state index in [4.69, 9.17) is 0 Å². The van der Waals surface area contributed by atoms with Crippen molar-refractivity contribution in [1.29, 1.82) is 0 Å². The van der Waals surface area contributed by atoms with Crippen LogP contribution in [0.2, 0.25) is 0 Å². The van der Waals surface area contributed by atoms with Gasteiger partial charge in [0.1, 0.15) is 0 Å². The van der Waals surface area contributed by atoms with Crippen LogP contribution in [0.15, 0.2) is 35.2 Å². The number of hydrogen-bond donors (Lipinski definition) is 1. The van der Waals surface area contributed by atoms with Gasteiger partial charge < -0.3 is 10.2 Å². The Bertz CT molecular complexity index is 731. The largest absolute Gasteiger partial charge is 0.356 e. The summed E-state index contributed by atoms with van der Waals surface area (Å²) in [5, 5.41) is 3.05. The summed E-state index contributed by atoms with van der Waals surface area (Å²) in [7, 11) is -3.45. The van der Waals surface area contributed by atoms with Crippen LogP contribution in [-0.2, 0) is 14.8 Å². The highest BCUT2D eigenvalue weighted by molar-refractivity contribution is 7.89. The first-order valence-electron chi connectivity index (χ1n) is 10.5. The third kappa shape index (κ3) is 5.55. The fraction of sp³-hybridized carbons (Fsp3) is 0.667. The summed E-state index contributed by atoms with van der Waals surface area (Å²) in [4.78, 5) is 15.3. The van der Waals surface area contributed by atoms with E-state index in [1.165, 1.54) is 30.2 Å². The summed E-state index contributed by atoms with van der Waals surface area (Å²) in [5.41, 5.74) is 0. The second-order valence-electron chi connectivity index (χ2n) is 8.18. The monoisotopic (exact) mass is 407 g/mol. The predicted octanol–water partition coefficient (Wildman–Crippen LogP) is 2.33. The van der Waals surface area contributed by atoms with Crippen LogP contribution in [0, 0.1) is 11.8 Å². The standard InChI is InChI=1S/C21H33N3O3S/c1-18-7-5-13-23(17-18)14-6-12-22-21(25)19-10-15-24(16-11-19)28(26,27)20-8-3-2-4-9-20/h2-4,8-9,18-19H,5-7,10-17H2,1H3,(H,22,25). The third-order valence-corrected chi connectivity index (χ3v) is 7.81. The molecule has 28 heavy (non-hydrogen) atoms. The summed E-state index contributed by atoms with van der Waals surface area (Å²) < 4.78 is 26.8. The van der Waals surface area contributed by atoms with Gasteiger partial charge in [-0.15, -0.1) is 0 Å². The first-order chi connectivity index (χ1) is 13.5. The van der Waals surface area contributed by atoms with Crippen LogP contribution in [0.5, 0.6) is 0 Å². The van der Waals surface area contributed by atoms with Gasteiger partial charge in [-0.3, -0.25) is 4.79 Å². The van der Waals surface area contributed by atoms with E-state index in [2.05, 4.69) is 17.1 Å². The maximum atomic E-state index is 12.7. The molecule has 1 unspecified atom stereocenters. The number of sulfonamides is 1. The third-order valence-electron chi connectivity index (χ3n) is 5.90. The molecular weight excluding hydrogens is 374 g/mol. The molecule has 156 valence electrons. The molecule has 1 atom stereocenters. The van der Waals surface area contributed by atoms with Crippen LogP contribution >= 0.6 is 0 Å². The van der Waals surface area contributed by atoms with E-state index in [1.807, 2.05) is 0 Å². The molecule has 3 rings (SSSR count). The fourth-order valence-corrected chi connectivity index (χ4v) is 5.74. The Morgan fingerprint density at radius 1 is 1.11 bits per heavy atom. The molecule has 2 fully saturated rings. The summed E-state index contributed by atoms with van der Waals surface area (Å²) in [6.07, 6.45) is 4.74. The van der Waals surface area contributed by atoms with E-state index in [0.29, 0.717) is 37.4 Å². The number of nitrogens with one attached hydrogen (secondary N) is 1. The second kappa shape index (κ2) is 9.85. The molecule has 2 heterocycles. The molecular formula is C21H33N3O3S. The molecule has 1 N–H and O–H groups in total. The van der Waals surface area contributed by atoms with Gasteiger partial charge in [0.05, 0.1) is 4.90 Å². The Balaban J connectivity index is 1.38. The Labute approximate surface area is 169 Å². The van der Waals surface area contributed by atoms with E-state index < -0.39 is 10.0 Å². The van der Waals surface area contributed by atoms with Crippen LogP contribution in [0.4, 0.5) is 0 Å². The summed E-state index contributed by atoms with van der Waals surface area (Å²) in [6.45, 7) is 7.19. The SMILES string of the molecule is CC1CCCN(CCCNC(=O)C2CCN(S(=O)(=O)c3ccccc3)CC2)C1. The van der Waals surface area contributed by atoms with Crippen molar-refractivity contribution >= 4 is 15.9 Å². The van der Waals surface area contributed by atoms with Crippen LogP contribution in [0.1, 0.15) is 39.0 Å². The molecule has 2 aliphatic rings. The smallest absolute Gasteiger partial charge is 0.243 e. The number of amides is 1. The number of likely N-dealkylation sites (tertiary alicyclic amines) is 1. The van der Waals surface area contributed by atoms with Crippen LogP contribution < -0.4 is 5.32 Å². The van der Waals surface area contributed by atoms with E-state index in [-0.39, 0.29) is 11.8 Å². The number of benzene rings is 1. The minimum Gasteiger partial charge on any atom is -0.356 e. The van der Waals surface area contributed by atoms with Crippen molar-refractivity contribution in [3.8, 4) is 0 Å². The van der Waals surface area contributed by atoms with Gasteiger partial charge in [-0.25, -0.2) is 8.42 Å². The number of carbonyl (C=O) groups excluding carboxylic acids is 1. The summed E-state index contributed by atoms with van der Waals surface area (Å²) in [6, 6.07) is 8.52. The minimum absolute atomic E-state index is 0.0729. The van der Waals surface area contributed by atoms with Crippen LogP contribution in [0.3, 0.4) is 0 Å². The minimum atomic E-state index is -3.45. The average Bonchev–Trinajstić information content (AvgIpc) is 2.72. The molecule has 2 aliphatic heterocycles. The van der Waals surface area contributed by atoms with Gasteiger partial charge in [0, 0.05) is 32.1 Å². The zero-order chi connectivity index (χ0) is 20.0. The first kappa shape index (κ1) is 21.3. The van der Waals surface area contributed by atoms with Crippen LogP contribution in [-0.4, -0.2) is 62.8 Å². The van der Waals surface area contributed by atoms with Gasteiger partial charge in [-0.05, 0) is 63.2 Å². The quantitative estimate of drug-likeness (QED) is 0.705. The zero-order valence-corrected chi connectivity index (χ0v) is 17.7. The maximum absolute atomic E-state index is 12.7. The van der Waals surface area contributed by atoms with Crippen LogP contribution in [0.25, 0.3) is 0 Å². The number of hydrogen-bond acceptors (Lipinski definition) is 4. The van der Waals surface area contributed by atoms with Gasteiger partial charge in [-0.1, -0.05) is 25.1 Å². The molecule has 0 aliphatic carbocycles. The predicted molar refractivity (Wildman–Crippen MR) is 110 cm³/mol. The molecule has 0 spiro atoms. The highest BCUT2D eigenvalue weighted by Gasteiger charge is 2.31. The highest BCUT2D eigenvalue weighted by Crippen LogP contribution is 2.24. The normalized spacial score (nSPS) is 22.8. The lowest BCUT2D eigenvalue weighted by molar-refractivity contribution is -0.126.